The van der Waals surface area contributed by atoms with Crippen LogP contribution in [0.15, 0.2) is 42.5 Å². The molecule has 1 aromatic heterocycles. The first-order valence-electron chi connectivity index (χ1n) is 16.1. The molecule has 5 saturated carbocycles. The number of carboxylic acid groups (broad SMARTS) is 1. The Bertz CT molecular complexity index is 1410. The third kappa shape index (κ3) is 4.10. The normalized spacial score (nSPS) is 29.4. The molecule has 2 N–H and O–H groups in total. The number of rotatable bonds is 6. The van der Waals surface area contributed by atoms with Crippen LogP contribution >= 0.6 is 0 Å². The van der Waals surface area contributed by atoms with Gasteiger partial charge in [-0.1, -0.05) is 43.5 Å². The monoisotopic (exact) mass is 537 g/mol. The first-order chi connectivity index (χ1) is 19.6. The van der Waals surface area contributed by atoms with Crippen molar-refractivity contribution >= 4 is 22.6 Å². The van der Waals surface area contributed by atoms with Gasteiger partial charge in [0.2, 0.25) is 0 Å². The van der Waals surface area contributed by atoms with E-state index in [-0.39, 0.29) is 0 Å². The number of nitrogens with zero attached hydrogens (tertiary/aromatic N) is 2. The molecular formula is C35H43N3O2. The summed E-state index contributed by atoms with van der Waals surface area (Å²) >= 11 is 0. The van der Waals surface area contributed by atoms with Gasteiger partial charge in [0, 0.05) is 53.9 Å². The molecule has 2 aromatic carbocycles. The van der Waals surface area contributed by atoms with Crippen LogP contribution in [0, 0.1) is 17.8 Å². The molecule has 210 valence electrons. The van der Waals surface area contributed by atoms with Gasteiger partial charge in [0.05, 0.1) is 11.3 Å². The molecule has 0 radical (unpaired) electrons. The molecule has 2 heterocycles. The van der Waals surface area contributed by atoms with Crippen LogP contribution in [0.2, 0.25) is 0 Å². The number of hydrogen-bond acceptors (Lipinski definition) is 3. The summed E-state index contributed by atoms with van der Waals surface area (Å²) in [4.78, 5) is 14.6. The Labute approximate surface area is 237 Å². The van der Waals surface area contributed by atoms with Gasteiger partial charge in [-0.25, -0.2) is 4.79 Å². The van der Waals surface area contributed by atoms with Gasteiger partial charge in [-0.2, -0.15) is 0 Å². The molecule has 0 atom stereocenters. The molecule has 1 aliphatic heterocycles. The smallest absolute Gasteiger partial charge is 0.335 e. The Kier molecular flexibility index (Phi) is 6.02. The molecule has 4 bridgehead atoms. The van der Waals surface area contributed by atoms with Gasteiger partial charge in [-0.05, 0) is 98.8 Å². The Morgan fingerprint density at radius 2 is 1.65 bits per heavy atom. The van der Waals surface area contributed by atoms with E-state index in [1.54, 1.807) is 0 Å². The van der Waals surface area contributed by atoms with Crippen LogP contribution in [0.4, 0.5) is 5.69 Å². The van der Waals surface area contributed by atoms with Gasteiger partial charge >= 0.3 is 5.97 Å². The summed E-state index contributed by atoms with van der Waals surface area (Å²) in [6, 6.07) is 14.9. The minimum atomic E-state index is -0.844. The highest BCUT2D eigenvalue weighted by atomic mass is 16.4. The van der Waals surface area contributed by atoms with E-state index in [0.29, 0.717) is 17.0 Å². The molecule has 0 saturated heterocycles. The maximum Gasteiger partial charge on any atom is 0.335 e. The van der Waals surface area contributed by atoms with E-state index >= 15 is 0 Å². The third-order valence-corrected chi connectivity index (χ3v) is 11.4. The highest BCUT2D eigenvalue weighted by molar-refractivity contribution is 5.99. The Balaban J connectivity index is 1.14. The highest BCUT2D eigenvalue weighted by Crippen LogP contribution is 2.55. The second-order valence-corrected chi connectivity index (χ2v) is 13.9. The summed E-state index contributed by atoms with van der Waals surface area (Å²) in [7, 11) is 0. The molecule has 5 heteroatoms. The van der Waals surface area contributed by atoms with Crippen LogP contribution in [0.25, 0.3) is 22.2 Å². The molecule has 0 amide bonds. The van der Waals surface area contributed by atoms with E-state index in [1.165, 1.54) is 98.5 Å². The summed E-state index contributed by atoms with van der Waals surface area (Å²) in [6.07, 6.45) is 15.0. The van der Waals surface area contributed by atoms with Crippen molar-refractivity contribution in [1.29, 1.82) is 0 Å². The fourth-order valence-corrected chi connectivity index (χ4v) is 10.1. The van der Waals surface area contributed by atoms with Gasteiger partial charge in [-0.3, -0.25) is 0 Å². The SMILES string of the molecule is O=C(O)c1ccc2c(C3CCCCC3)c3n(c2c1)CCN(CCNC12CC4CC(CC(C4)C1)C2)c1ccccc1-3. The zero-order valence-corrected chi connectivity index (χ0v) is 23.7. The molecule has 3 aromatic rings. The van der Waals surface area contributed by atoms with Crippen molar-refractivity contribution in [3.8, 4) is 11.3 Å². The predicted octanol–water partition coefficient (Wildman–Crippen LogP) is 7.43. The van der Waals surface area contributed by atoms with Crippen LogP contribution in [0.1, 0.15) is 92.5 Å². The quantitative estimate of drug-likeness (QED) is 0.343. The number of carbonyl (C=O) groups is 1. The number of nitrogens with one attached hydrogen (secondary N) is 1. The van der Waals surface area contributed by atoms with E-state index < -0.39 is 5.97 Å². The molecule has 40 heavy (non-hydrogen) atoms. The predicted molar refractivity (Wildman–Crippen MR) is 161 cm³/mol. The maximum atomic E-state index is 12.0. The van der Waals surface area contributed by atoms with E-state index in [4.69, 9.17) is 0 Å². The molecule has 0 unspecified atom stereocenters. The molecule has 5 nitrogen and oxygen atoms in total. The molecule has 5 fully saturated rings. The van der Waals surface area contributed by atoms with Gasteiger partial charge in [0.1, 0.15) is 0 Å². The second-order valence-electron chi connectivity index (χ2n) is 13.9. The van der Waals surface area contributed by atoms with Crippen LogP contribution in [0.5, 0.6) is 0 Å². The van der Waals surface area contributed by atoms with E-state index in [9.17, 15) is 9.90 Å². The van der Waals surface area contributed by atoms with Crippen molar-refractivity contribution in [2.24, 2.45) is 17.8 Å². The first kappa shape index (κ1) is 25.0. The van der Waals surface area contributed by atoms with Crippen molar-refractivity contribution in [1.82, 2.24) is 9.88 Å². The number of para-hydroxylation sites is 1. The number of carboxylic acids is 1. The summed E-state index contributed by atoms with van der Waals surface area (Å²) in [5.41, 5.74) is 7.35. The lowest BCUT2D eigenvalue weighted by Crippen LogP contribution is -2.59. The van der Waals surface area contributed by atoms with Crippen molar-refractivity contribution < 1.29 is 9.90 Å². The highest BCUT2D eigenvalue weighted by Gasteiger charge is 2.50. The van der Waals surface area contributed by atoms with Crippen LogP contribution in [0.3, 0.4) is 0 Å². The fourth-order valence-electron chi connectivity index (χ4n) is 10.1. The minimum absolute atomic E-state index is 0.386. The standard InChI is InChI=1S/C35H43N3O2/c39-34(40)27-10-11-28-31(19-27)38-15-14-37(13-12-36-35-20-23-16-24(21-35)18-25(17-23)22-35)30-9-5-4-8-29(30)33(38)32(28)26-6-2-1-3-7-26/h4-5,8-11,19,23-26,36H,1-3,6-7,12-18,20-22H2,(H,39,40). The average Bonchev–Trinajstić information content (AvgIpc) is 3.18. The summed E-state index contributed by atoms with van der Waals surface area (Å²) < 4.78 is 2.47. The molecule has 9 rings (SSSR count). The van der Waals surface area contributed by atoms with Crippen LogP contribution < -0.4 is 10.2 Å². The summed E-state index contributed by atoms with van der Waals surface area (Å²) in [6.45, 7) is 3.88. The lowest BCUT2D eigenvalue weighted by molar-refractivity contribution is -0.0190. The second kappa shape index (κ2) is 9.65. The van der Waals surface area contributed by atoms with Crippen LogP contribution in [-0.2, 0) is 6.54 Å². The largest absolute Gasteiger partial charge is 0.478 e. The number of anilines is 1. The Hall–Kier alpha value is -2.79. The lowest BCUT2D eigenvalue weighted by Gasteiger charge is -2.57. The van der Waals surface area contributed by atoms with Crippen molar-refractivity contribution in [2.75, 3.05) is 24.5 Å². The van der Waals surface area contributed by atoms with Crippen LogP contribution in [-0.4, -0.2) is 40.8 Å². The fraction of sp³-hybridized carbons (Fsp3) is 0.571. The molecule has 6 aliphatic rings. The van der Waals surface area contributed by atoms with Gasteiger partial charge in [0.15, 0.2) is 0 Å². The summed E-state index contributed by atoms with van der Waals surface area (Å²) in [5.74, 6) is 2.59. The summed E-state index contributed by atoms with van der Waals surface area (Å²) in [5, 5.41) is 15.2. The average molecular weight is 538 g/mol. The first-order valence-corrected chi connectivity index (χ1v) is 16.1. The van der Waals surface area contributed by atoms with Gasteiger partial charge < -0.3 is 19.9 Å². The van der Waals surface area contributed by atoms with Gasteiger partial charge in [0.25, 0.3) is 0 Å². The Morgan fingerprint density at radius 3 is 2.38 bits per heavy atom. The maximum absolute atomic E-state index is 12.0. The minimum Gasteiger partial charge on any atom is -0.478 e. The lowest BCUT2D eigenvalue weighted by atomic mass is 9.53. The van der Waals surface area contributed by atoms with E-state index in [0.717, 1.165) is 49.4 Å². The number of hydrogen-bond donors (Lipinski definition) is 2. The number of aromatic carboxylic acids is 1. The zero-order valence-electron chi connectivity index (χ0n) is 23.7. The topological polar surface area (TPSA) is 57.5 Å². The number of aromatic nitrogens is 1. The van der Waals surface area contributed by atoms with Crippen molar-refractivity contribution in [2.45, 2.75) is 88.6 Å². The number of benzene rings is 2. The van der Waals surface area contributed by atoms with Crippen molar-refractivity contribution in [3.05, 3.63) is 53.6 Å². The number of fused-ring (bicyclic) bond motifs is 5. The molecular weight excluding hydrogens is 494 g/mol. The molecule has 5 aliphatic carbocycles. The Morgan fingerprint density at radius 1 is 0.925 bits per heavy atom. The zero-order chi connectivity index (χ0) is 26.8. The van der Waals surface area contributed by atoms with Crippen molar-refractivity contribution in [3.63, 3.8) is 0 Å². The van der Waals surface area contributed by atoms with E-state index in [2.05, 4.69) is 45.1 Å². The third-order valence-electron chi connectivity index (χ3n) is 11.4. The molecule has 0 spiro atoms. The van der Waals surface area contributed by atoms with Gasteiger partial charge in [-0.15, -0.1) is 0 Å². The van der Waals surface area contributed by atoms with E-state index in [1.807, 2.05) is 12.1 Å².